The van der Waals surface area contributed by atoms with E-state index in [9.17, 15) is 23.6 Å². The van der Waals surface area contributed by atoms with Crippen LogP contribution in [0, 0.1) is 11.2 Å². The molecular weight excluding hydrogens is 651 g/mol. The van der Waals surface area contributed by atoms with Crippen LogP contribution in [0.15, 0.2) is 79.3 Å². The number of likely N-dealkylation sites (N-methyl/N-ethyl adjacent to an activating group) is 1. The molecular formula is C38H47FN8O4. The van der Waals surface area contributed by atoms with Gasteiger partial charge in [0.1, 0.15) is 17.6 Å². The van der Waals surface area contributed by atoms with E-state index < -0.39 is 29.6 Å². The summed E-state index contributed by atoms with van der Waals surface area (Å²) in [6.45, 7) is 7.98. The fraction of sp³-hybridized carbons (Fsp3) is 0.421. The van der Waals surface area contributed by atoms with Gasteiger partial charge in [0.05, 0.1) is 18.5 Å². The molecule has 2 aromatic heterocycles. The minimum atomic E-state index is -0.880. The van der Waals surface area contributed by atoms with E-state index in [1.54, 1.807) is 65.0 Å². The molecule has 13 heteroatoms. The Balaban J connectivity index is 1.44. The molecule has 0 spiro atoms. The summed E-state index contributed by atoms with van der Waals surface area (Å²) in [7, 11) is 1.67. The van der Waals surface area contributed by atoms with Crippen molar-refractivity contribution in [1.82, 2.24) is 40.1 Å². The Kier molecular flexibility index (Phi) is 11.8. The van der Waals surface area contributed by atoms with Gasteiger partial charge in [0.2, 0.25) is 23.5 Å². The average molecular weight is 699 g/mol. The number of carbonyl (C=O) groups excluding carboxylic acids is 4. The van der Waals surface area contributed by atoms with Gasteiger partial charge in [-0.1, -0.05) is 63.2 Å². The molecule has 0 aliphatic carbocycles. The van der Waals surface area contributed by atoms with E-state index in [0.29, 0.717) is 18.6 Å². The van der Waals surface area contributed by atoms with Crippen molar-refractivity contribution in [3.8, 4) is 0 Å². The van der Waals surface area contributed by atoms with Gasteiger partial charge in [0, 0.05) is 44.3 Å². The Bertz CT molecular complexity index is 1790. The van der Waals surface area contributed by atoms with Crippen molar-refractivity contribution in [2.75, 3.05) is 26.7 Å². The standard InChI is InChI=1S/C38H47FN8O4/c1-25(40-5)34(49)44-33(38(2,3)4)36(51)47-22-29(42-32(48)20-27-10-7-6-8-11-27)21-30(47)23-45(19-16-26-12-14-28(39)15-13-26)35(50)31-24-46-18-9-17-41-37(46)43-31/h6-15,17-18,24-25,29-30,33,40H,16,19-23H2,1-5H3,(H,42,48)(H,44,49). The minimum Gasteiger partial charge on any atom is -0.351 e. The van der Waals surface area contributed by atoms with Crippen molar-refractivity contribution in [2.24, 2.45) is 5.41 Å². The molecule has 12 nitrogen and oxygen atoms in total. The summed E-state index contributed by atoms with van der Waals surface area (Å²) >= 11 is 0. The van der Waals surface area contributed by atoms with Crippen LogP contribution in [0.5, 0.6) is 0 Å². The first-order valence-electron chi connectivity index (χ1n) is 17.3. The SMILES string of the molecule is CNC(C)C(=O)NC(C(=O)N1CC(NC(=O)Cc2ccccc2)CC1CN(CCc1ccc(F)cc1)C(=O)c1cn2cccnc2n1)C(C)(C)C. The maximum absolute atomic E-state index is 14.5. The zero-order valence-electron chi connectivity index (χ0n) is 29.8. The highest BCUT2D eigenvalue weighted by molar-refractivity contribution is 5.93. The van der Waals surface area contributed by atoms with Gasteiger partial charge in [-0.2, -0.15) is 0 Å². The van der Waals surface area contributed by atoms with E-state index in [1.807, 2.05) is 51.1 Å². The Labute approximate surface area is 297 Å². The normalized spacial score (nSPS) is 17.2. The van der Waals surface area contributed by atoms with Crippen molar-refractivity contribution in [2.45, 2.75) is 71.1 Å². The summed E-state index contributed by atoms with van der Waals surface area (Å²) in [4.78, 5) is 67.0. The van der Waals surface area contributed by atoms with Gasteiger partial charge in [-0.3, -0.25) is 23.6 Å². The minimum absolute atomic E-state index is 0.135. The lowest BCUT2D eigenvalue weighted by molar-refractivity contribution is -0.140. The molecule has 1 fully saturated rings. The van der Waals surface area contributed by atoms with Crippen LogP contribution in [0.1, 0.15) is 55.7 Å². The third-order valence-corrected chi connectivity index (χ3v) is 9.25. The molecule has 1 aliphatic rings. The summed E-state index contributed by atoms with van der Waals surface area (Å²) < 4.78 is 15.4. The summed E-state index contributed by atoms with van der Waals surface area (Å²) in [6, 6.07) is 15.0. The lowest BCUT2D eigenvalue weighted by Crippen LogP contribution is -2.59. The van der Waals surface area contributed by atoms with Crippen LogP contribution >= 0.6 is 0 Å². The summed E-state index contributed by atoms with van der Waals surface area (Å²) in [6.07, 6.45) is 5.97. The number of benzene rings is 2. The Morgan fingerprint density at radius 2 is 1.75 bits per heavy atom. The number of rotatable bonds is 13. The number of fused-ring (bicyclic) bond motifs is 1. The third kappa shape index (κ3) is 9.54. The summed E-state index contributed by atoms with van der Waals surface area (Å²) in [5.41, 5.74) is 1.25. The monoisotopic (exact) mass is 698 g/mol. The molecule has 1 aliphatic heterocycles. The molecule has 270 valence electrons. The largest absolute Gasteiger partial charge is 0.351 e. The van der Waals surface area contributed by atoms with E-state index in [4.69, 9.17) is 0 Å². The molecule has 3 N–H and O–H groups in total. The number of carbonyl (C=O) groups is 4. The van der Waals surface area contributed by atoms with Gasteiger partial charge in [-0.15, -0.1) is 0 Å². The number of imidazole rings is 1. The molecule has 3 heterocycles. The summed E-state index contributed by atoms with van der Waals surface area (Å²) in [5.74, 6) is -1.12. The molecule has 0 bridgehead atoms. The van der Waals surface area contributed by atoms with Gasteiger partial charge in [0.15, 0.2) is 0 Å². The van der Waals surface area contributed by atoms with Crippen molar-refractivity contribution in [1.29, 1.82) is 0 Å². The fourth-order valence-corrected chi connectivity index (χ4v) is 6.28. The van der Waals surface area contributed by atoms with E-state index in [1.165, 1.54) is 12.1 Å². The number of halogens is 1. The fourth-order valence-electron chi connectivity index (χ4n) is 6.28. The number of aromatic nitrogens is 3. The lowest BCUT2D eigenvalue weighted by Gasteiger charge is -2.37. The van der Waals surface area contributed by atoms with Gasteiger partial charge >= 0.3 is 0 Å². The van der Waals surface area contributed by atoms with E-state index in [-0.39, 0.29) is 61.2 Å². The highest BCUT2D eigenvalue weighted by atomic mass is 19.1. The number of hydrogen-bond acceptors (Lipinski definition) is 7. The van der Waals surface area contributed by atoms with Crippen molar-refractivity contribution in [3.05, 3.63) is 102 Å². The van der Waals surface area contributed by atoms with Crippen LogP contribution in [0.25, 0.3) is 5.78 Å². The second-order valence-electron chi connectivity index (χ2n) is 14.2. The van der Waals surface area contributed by atoms with Gasteiger partial charge in [-0.25, -0.2) is 14.4 Å². The van der Waals surface area contributed by atoms with Crippen molar-refractivity contribution < 1.29 is 23.6 Å². The molecule has 4 amide bonds. The smallest absolute Gasteiger partial charge is 0.274 e. The van der Waals surface area contributed by atoms with E-state index >= 15 is 0 Å². The van der Waals surface area contributed by atoms with Crippen LogP contribution in [-0.4, -0.2) is 98.6 Å². The van der Waals surface area contributed by atoms with E-state index in [0.717, 1.165) is 11.1 Å². The zero-order chi connectivity index (χ0) is 36.7. The van der Waals surface area contributed by atoms with Crippen LogP contribution < -0.4 is 16.0 Å². The number of amides is 4. The molecule has 51 heavy (non-hydrogen) atoms. The number of nitrogens with one attached hydrogen (secondary N) is 3. The van der Waals surface area contributed by atoms with Crippen molar-refractivity contribution >= 4 is 29.4 Å². The first kappa shape index (κ1) is 37.1. The molecule has 2 aromatic carbocycles. The Hall–Kier alpha value is -5.17. The van der Waals surface area contributed by atoms with Crippen LogP contribution in [0.4, 0.5) is 4.39 Å². The van der Waals surface area contributed by atoms with Gasteiger partial charge < -0.3 is 25.8 Å². The van der Waals surface area contributed by atoms with Crippen LogP contribution in [0.2, 0.25) is 0 Å². The molecule has 1 saturated heterocycles. The molecule has 4 unspecified atom stereocenters. The van der Waals surface area contributed by atoms with Crippen LogP contribution in [0.3, 0.4) is 0 Å². The molecule has 5 rings (SSSR count). The van der Waals surface area contributed by atoms with Gasteiger partial charge in [0.25, 0.3) is 5.91 Å². The maximum atomic E-state index is 14.5. The molecule has 0 radical (unpaired) electrons. The highest BCUT2D eigenvalue weighted by Crippen LogP contribution is 2.27. The maximum Gasteiger partial charge on any atom is 0.274 e. The predicted octanol–water partition coefficient (Wildman–Crippen LogP) is 3.02. The first-order chi connectivity index (χ1) is 24.3. The molecule has 4 atom stereocenters. The predicted molar refractivity (Wildman–Crippen MR) is 191 cm³/mol. The topological polar surface area (TPSA) is 141 Å². The van der Waals surface area contributed by atoms with Crippen molar-refractivity contribution in [3.63, 3.8) is 0 Å². The molecule has 0 saturated carbocycles. The van der Waals surface area contributed by atoms with Crippen LogP contribution in [-0.2, 0) is 27.2 Å². The highest BCUT2D eigenvalue weighted by Gasteiger charge is 2.44. The number of hydrogen-bond donors (Lipinski definition) is 3. The van der Waals surface area contributed by atoms with E-state index in [2.05, 4.69) is 25.9 Å². The Morgan fingerprint density at radius 1 is 1.02 bits per heavy atom. The quantitative estimate of drug-likeness (QED) is 0.195. The third-order valence-electron chi connectivity index (χ3n) is 9.25. The summed E-state index contributed by atoms with van der Waals surface area (Å²) in [5, 5.41) is 8.98. The average Bonchev–Trinajstić information content (AvgIpc) is 3.72. The lowest BCUT2D eigenvalue weighted by atomic mass is 9.85. The number of nitrogens with zero attached hydrogens (tertiary/aromatic N) is 5. The second kappa shape index (κ2) is 16.2. The number of likely N-dealkylation sites (tertiary alicyclic amines) is 1. The zero-order valence-corrected chi connectivity index (χ0v) is 29.8. The first-order valence-corrected chi connectivity index (χ1v) is 17.3. The Morgan fingerprint density at radius 3 is 2.41 bits per heavy atom. The molecule has 4 aromatic rings. The second-order valence-corrected chi connectivity index (χ2v) is 14.2. The van der Waals surface area contributed by atoms with Gasteiger partial charge in [-0.05, 0) is 61.6 Å².